The van der Waals surface area contributed by atoms with Gasteiger partial charge in [-0.25, -0.2) is 0 Å². The summed E-state index contributed by atoms with van der Waals surface area (Å²) in [5, 5.41) is 6.23. The fourth-order valence-corrected chi connectivity index (χ4v) is 2.49. The molecule has 1 aromatic rings. The van der Waals surface area contributed by atoms with Gasteiger partial charge < -0.3 is 21.1 Å². The molecule has 2 heterocycles. The molecule has 2 aliphatic heterocycles. The van der Waals surface area contributed by atoms with Gasteiger partial charge in [0.15, 0.2) is 0 Å². The minimum atomic E-state index is 0.0301. The third-order valence-corrected chi connectivity index (χ3v) is 3.42. The molecule has 1 atom stereocenters. The zero-order valence-electron chi connectivity index (χ0n) is 10.2. The van der Waals surface area contributed by atoms with E-state index in [-0.39, 0.29) is 5.91 Å². The van der Waals surface area contributed by atoms with Gasteiger partial charge in [0.1, 0.15) is 0 Å². The lowest BCUT2D eigenvalue weighted by atomic mass is 10.1. The highest BCUT2D eigenvalue weighted by Crippen LogP contribution is 2.32. The number of carbonyl (C=O) groups is 1. The SMILES string of the molecule is Nc1cc2c(cc1NC1CCCOC1)NC(=O)C2. The smallest absolute Gasteiger partial charge is 0.228 e. The fourth-order valence-electron chi connectivity index (χ4n) is 2.49. The Bertz CT molecular complexity index is 481. The molecule has 0 aromatic heterocycles. The van der Waals surface area contributed by atoms with Crippen molar-refractivity contribution in [2.24, 2.45) is 0 Å². The number of amides is 1. The average molecular weight is 247 g/mol. The van der Waals surface area contributed by atoms with Crippen LogP contribution in [-0.4, -0.2) is 25.2 Å². The highest BCUT2D eigenvalue weighted by Gasteiger charge is 2.21. The van der Waals surface area contributed by atoms with Crippen LogP contribution in [0, 0.1) is 0 Å². The third kappa shape index (κ3) is 2.13. The van der Waals surface area contributed by atoms with Crippen LogP contribution in [-0.2, 0) is 16.0 Å². The molecule has 1 unspecified atom stereocenters. The van der Waals surface area contributed by atoms with Crippen LogP contribution in [0.15, 0.2) is 12.1 Å². The first-order chi connectivity index (χ1) is 8.72. The van der Waals surface area contributed by atoms with E-state index in [1.807, 2.05) is 12.1 Å². The Balaban J connectivity index is 1.80. The van der Waals surface area contributed by atoms with Gasteiger partial charge in [-0.3, -0.25) is 4.79 Å². The second-order valence-corrected chi connectivity index (χ2v) is 4.88. The summed E-state index contributed by atoms with van der Waals surface area (Å²) in [4.78, 5) is 11.3. The van der Waals surface area contributed by atoms with Crippen molar-refractivity contribution in [2.45, 2.75) is 25.3 Å². The Hall–Kier alpha value is -1.75. The summed E-state index contributed by atoms with van der Waals surface area (Å²) in [6.07, 6.45) is 2.58. The molecular formula is C13H17N3O2. The quantitative estimate of drug-likeness (QED) is 0.690. The van der Waals surface area contributed by atoms with Crippen molar-refractivity contribution in [3.63, 3.8) is 0 Å². The van der Waals surface area contributed by atoms with Crippen molar-refractivity contribution in [1.82, 2.24) is 0 Å². The van der Waals surface area contributed by atoms with Crippen molar-refractivity contribution in [3.8, 4) is 0 Å². The summed E-state index contributed by atoms with van der Waals surface area (Å²) in [7, 11) is 0. The largest absolute Gasteiger partial charge is 0.397 e. The minimum Gasteiger partial charge on any atom is -0.397 e. The summed E-state index contributed by atoms with van der Waals surface area (Å²) in [5.41, 5.74) is 9.43. The Labute approximate surface area is 106 Å². The van der Waals surface area contributed by atoms with E-state index < -0.39 is 0 Å². The molecule has 0 saturated carbocycles. The number of benzene rings is 1. The molecule has 1 aromatic carbocycles. The van der Waals surface area contributed by atoms with Crippen molar-refractivity contribution in [2.75, 3.05) is 29.6 Å². The second-order valence-electron chi connectivity index (χ2n) is 4.88. The Morgan fingerprint density at radius 2 is 2.33 bits per heavy atom. The molecule has 96 valence electrons. The molecule has 0 bridgehead atoms. The number of nitrogens with one attached hydrogen (secondary N) is 2. The molecule has 1 saturated heterocycles. The van der Waals surface area contributed by atoms with E-state index in [9.17, 15) is 4.79 Å². The summed E-state index contributed by atoms with van der Waals surface area (Å²) in [6.45, 7) is 1.55. The van der Waals surface area contributed by atoms with Gasteiger partial charge in [0.25, 0.3) is 0 Å². The summed E-state index contributed by atoms with van der Waals surface area (Å²) in [5.74, 6) is 0.0301. The number of nitrogens with two attached hydrogens (primary N) is 1. The van der Waals surface area contributed by atoms with Crippen LogP contribution in [0.3, 0.4) is 0 Å². The van der Waals surface area contributed by atoms with Crippen molar-refractivity contribution < 1.29 is 9.53 Å². The average Bonchev–Trinajstić information content (AvgIpc) is 2.70. The Kier molecular flexibility index (Phi) is 2.83. The molecule has 3 rings (SSSR count). The van der Waals surface area contributed by atoms with E-state index >= 15 is 0 Å². The van der Waals surface area contributed by atoms with Gasteiger partial charge in [-0.2, -0.15) is 0 Å². The molecular weight excluding hydrogens is 230 g/mol. The Morgan fingerprint density at radius 3 is 3.11 bits per heavy atom. The van der Waals surface area contributed by atoms with Gasteiger partial charge in [0.05, 0.1) is 24.4 Å². The van der Waals surface area contributed by atoms with Gasteiger partial charge >= 0.3 is 0 Å². The normalized spacial score (nSPS) is 22.4. The molecule has 2 aliphatic rings. The van der Waals surface area contributed by atoms with E-state index in [2.05, 4.69) is 10.6 Å². The predicted octanol–water partition coefficient (Wildman–Crippen LogP) is 1.35. The van der Waals surface area contributed by atoms with E-state index in [0.717, 1.165) is 36.4 Å². The lowest BCUT2D eigenvalue weighted by Crippen LogP contribution is -2.30. The lowest BCUT2D eigenvalue weighted by Gasteiger charge is -2.25. The van der Waals surface area contributed by atoms with Crippen LogP contribution in [0.1, 0.15) is 18.4 Å². The maximum absolute atomic E-state index is 11.3. The standard InChI is InChI=1S/C13H17N3O2/c14-10-4-8-5-13(17)16-11(8)6-12(10)15-9-2-1-3-18-7-9/h4,6,9,15H,1-3,5,7,14H2,(H,16,17). The molecule has 18 heavy (non-hydrogen) atoms. The van der Waals surface area contributed by atoms with Gasteiger partial charge in [-0.15, -0.1) is 0 Å². The van der Waals surface area contributed by atoms with Gasteiger partial charge in [0, 0.05) is 18.3 Å². The molecule has 0 spiro atoms. The molecule has 0 radical (unpaired) electrons. The summed E-state index contributed by atoms with van der Waals surface area (Å²) in [6, 6.07) is 4.10. The van der Waals surface area contributed by atoms with Crippen LogP contribution >= 0.6 is 0 Å². The van der Waals surface area contributed by atoms with E-state index in [0.29, 0.717) is 24.8 Å². The summed E-state index contributed by atoms with van der Waals surface area (Å²) >= 11 is 0. The zero-order valence-corrected chi connectivity index (χ0v) is 10.2. The lowest BCUT2D eigenvalue weighted by molar-refractivity contribution is -0.115. The van der Waals surface area contributed by atoms with Crippen molar-refractivity contribution in [3.05, 3.63) is 17.7 Å². The molecule has 5 heteroatoms. The zero-order chi connectivity index (χ0) is 12.5. The van der Waals surface area contributed by atoms with Crippen molar-refractivity contribution >= 4 is 23.0 Å². The van der Waals surface area contributed by atoms with Gasteiger partial charge in [-0.05, 0) is 30.5 Å². The first kappa shape index (κ1) is 11.3. The van der Waals surface area contributed by atoms with E-state index in [4.69, 9.17) is 10.5 Å². The first-order valence-electron chi connectivity index (χ1n) is 6.29. The Morgan fingerprint density at radius 1 is 1.44 bits per heavy atom. The maximum atomic E-state index is 11.3. The number of carbonyl (C=O) groups excluding carboxylic acids is 1. The van der Waals surface area contributed by atoms with Crippen LogP contribution in [0.4, 0.5) is 17.1 Å². The van der Waals surface area contributed by atoms with Crippen LogP contribution in [0.2, 0.25) is 0 Å². The fraction of sp³-hybridized carbons (Fsp3) is 0.462. The highest BCUT2D eigenvalue weighted by molar-refractivity contribution is 6.00. The van der Waals surface area contributed by atoms with Gasteiger partial charge in [0.2, 0.25) is 5.91 Å². The molecule has 1 fully saturated rings. The van der Waals surface area contributed by atoms with Gasteiger partial charge in [-0.1, -0.05) is 0 Å². The number of fused-ring (bicyclic) bond motifs is 1. The summed E-state index contributed by atoms with van der Waals surface area (Å²) < 4.78 is 5.43. The third-order valence-electron chi connectivity index (χ3n) is 3.42. The maximum Gasteiger partial charge on any atom is 0.228 e. The molecule has 1 amide bonds. The predicted molar refractivity (Wildman–Crippen MR) is 70.7 cm³/mol. The monoisotopic (exact) mass is 247 g/mol. The van der Waals surface area contributed by atoms with Crippen LogP contribution < -0.4 is 16.4 Å². The number of nitrogen functional groups attached to an aromatic ring is 1. The molecule has 0 aliphatic carbocycles. The van der Waals surface area contributed by atoms with E-state index in [1.54, 1.807) is 0 Å². The number of anilines is 3. The first-order valence-corrected chi connectivity index (χ1v) is 6.29. The van der Waals surface area contributed by atoms with Crippen molar-refractivity contribution in [1.29, 1.82) is 0 Å². The van der Waals surface area contributed by atoms with Crippen LogP contribution in [0.25, 0.3) is 0 Å². The van der Waals surface area contributed by atoms with E-state index in [1.165, 1.54) is 0 Å². The number of ether oxygens (including phenoxy) is 1. The number of hydrogen-bond donors (Lipinski definition) is 3. The minimum absolute atomic E-state index is 0.0301. The highest BCUT2D eigenvalue weighted by atomic mass is 16.5. The second kappa shape index (κ2) is 4.49. The topological polar surface area (TPSA) is 76.4 Å². The number of hydrogen-bond acceptors (Lipinski definition) is 4. The number of rotatable bonds is 2. The van der Waals surface area contributed by atoms with Crippen LogP contribution in [0.5, 0.6) is 0 Å². The molecule has 5 nitrogen and oxygen atoms in total. The molecule has 4 N–H and O–H groups in total.